The van der Waals surface area contributed by atoms with Crippen LogP contribution in [-0.2, 0) is 0 Å². The van der Waals surface area contributed by atoms with E-state index in [1.807, 2.05) is 11.8 Å². The molecule has 0 spiro atoms. The van der Waals surface area contributed by atoms with Crippen molar-refractivity contribution in [3.8, 4) is 0 Å². The Balaban J connectivity index is 2.68. The van der Waals surface area contributed by atoms with Gasteiger partial charge in [-0.2, -0.15) is 11.8 Å². The Hall–Kier alpha value is -0.610. The SMILES string of the molecule is CCCNC(CSC(C)CC)c1ccncc1F. The van der Waals surface area contributed by atoms with Crippen LogP contribution >= 0.6 is 11.8 Å². The van der Waals surface area contributed by atoms with Crippen LogP contribution in [0, 0.1) is 5.82 Å². The number of pyridine rings is 1. The van der Waals surface area contributed by atoms with E-state index in [0.717, 1.165) is 30.7 Å². The lowest BCUT2D eigenvalue weighted by atomic mass is 10.1. The van der Waals surface area contributed by atoms with Crippen molar-refractivity contribution in [3.63, 3.8) is 0 Å². The maximum absolute atomic E-state index is 13.8. The van der Waals surface area contributed by atoms with Gasteiger partial charge in [-0.05, 0) is 25.5 Å². The van der Waals surface area contributed by atoms with Crippen LogP contribution in [0.1, 0.15) is 45.2 Å². The normalized spacial score (nSPS) is 14.4. The summed E-state index contributed by atoms with van der Waals surface area (Å²) in [6, 6.07) is 1.85. The van der Waals surface area contributed by atoms with Crippen LogP contribution in [0.2, 0.25) is 0 Å². The molecular weight excluding hydrogens is 247 g/mol. The number of nitrogens with one attached hydrogen (secondary N) is 1. The molecule has 1 heterocycles. The molecule has 2 atom stereocenters. The highest BCUT2D eigenvalue weighted by Gasteiger charge is 2.16. The van der Waals surface area contributed by atoms with Gasteiger partial charge in [0.25, 0.3) is 0 Å². The molecule has 0 saturated carbocycles. The van der Waals surface area contributed by atoms with E-state index < -0.39 is 0 Å². The van der Waals surface area contributed by atoms with Gasteiger partial charge in [0.15, 0.2) is 0 Å². The summed E-state index contributed by atoms with van der Waals surface area (Å²) in [4.78, 5) is 3.81. The minimum Gasteiger partial charge on any atom is -0.309 e. The van der Waals surface area contributed by atoms with Gasteiger partial charge in [-0.1, -0.05) is 20.8 Å². The Morgan fingerprint density at radius 2 is 2.22 bits per heavy atom. The lowest BCUT2D eigenvalue weighted by Gasteiger charge is -2.20. The molecule has 18 heavy (non-hydrogen) atoms. The van der Waals surface area contributed by atoms with Gasteiger partial charge < -0.3 is 5.32 Å². The van der Waals surface area contributed by atoms with Crippen molar-refractivity contribution in [2.45, 2.75) is 44.9 Å². The van der Waals surface area contributed by atoms with Crippen molar-refractivity contribution in [2.24, 2.45) is 0 Å². The third-order valence-corrected chi connectivity index (χ3v) is 4.37. The fourth-order valence-corrected chi connectivity index (χ4v) is 2.68. The lowest BCUT2D eigenvalue weighted by molar-refractivity contribution is 0.529. The quantitative estimate of drug-likeness (QED) is 0.778. The fourth-order valence-electron chi connectivity index (χ4n) is 1.62. The molecule has 0 amide bonds. The summed E-state index contributed by atoms with van der Waals surface area (Å²) in [5, 5.41) is 4.03. The average molecular weight is 270 g/mol. The molecule has 1 N–H and O–H groups in total. The Morgan fingerprint density at radius 1 is 1.44 bits per heavy atom. The van der Waals surface area contributed by atoms with E-state index in [9.17, 15) is 4.39 Å². The van der Waals surface area contributed by atoms with Gasteiger partial charge in [-0.25, -0.2) is 4.39 Å². The topological polar surface area (TPSA) is 24.9 Å². The van der Waals surface area contributed by atoms with Gasteiger partial charge in [0, 0.05) is 28.8 Å². The van der Waals surface area contributed by atoms with Crippen molar-refractivity contribution < 1.29 is 4.39 Å². The van der Waals surface area contributed by atoms with Crippen molar-refractivity contribution in [1.82, 2.24) is 10.3 Å². The number of hydrogen-bond acceptors (Lipinski definition) is 3. The van der Waals surface area contributed by atoms with Crippen molar-refractivity contribution in [1.29, 1.82) is 0 Å². The molecule has 2 unspecified atom stereocenters. The summed E-state index contributed by atoms with van der Waals surface area (Å²) < 4.78 is 13.8. The molecule has 0 saturated heterocycles. The average Bonchev–Trinajstić information content (AvgIpc) is 2.39. The predicted molar refractivity (Wildman–Crippen MR) is 77.4 cm³/mol. The van der Waals surface area contributed by atoms with Crippen molar-refractivity contribution in [3.05, 3.63) is 29.8 Å². The first-order valence-corrected chi connectivity index (χ1v) is 7.68. The highest BCUT2D eigenvalue weighted by atomic mass is 32.2. The Bertz CT molecular complexity index is 346. The number of halogens is 1. The summed E-state index contributed by atoms with van der Waals surface area (Å²) >= 11 is 1.89. The van der Waals surface area contributed by atoms with E-state index in [4.69, 9.17) is 0 Å². The van der Waals surface area contributed by atoms with Crippen LogP contribution < -0.4 is 5.32 Å². The predicted octanol–water partition coefficient (Wildman–Crippen LogP) is 3.79. The molecule has 0 aliphatic heterocycles. The molecule has 1 rings (SSSR count). The Morgan fingerprint density at radius 3 is 2.83 bits per heavy atom. The molecule has 1 aromatic rings. The van der Waals surface area contributed by atoms with E-state index >= 15 is 0 Å². The van der Waals surface area contributed by atoms with Crippen LogP contribution in [0.25, 0.3) is 0 Å². The molecule has 1 aromatic heterocycles. The van der Waals surface area contributed by atoms with Crippen LogP contribution in [0.15, 0.2) is 18.5 Å². The second-order valence-corrected chi connectivity index (χ2v) is 5.93. The van der Waals surface area contributed by atoms with E-state index in [2.05, 4.69) is 31.1 Å². The molecule has 2 nitrogen and oxygen atoms in total. The summed E-state index contributed by atoms with van der Waals surface area (Å²) in [6.07, 6.45) is 5.15. The number of nitrogens with zero attached hydrogens (tertiary/aromatic N) is 1. The monoisotopic (exact) mass is 270 g/mol. The third-order valence-electron chi connectivity index (χ3n) is 2.94. The van der Waals surface area contributed by atoms with Crippen LogP contribution in [0.4, 0.5) is 4.39 Å². The Labute approximate surface area is 114 Å². The maximum Gasteiger partial charge on any atom is 0.146 e. The molecular formula is C14H23FN2S. The van der Waals surface area contributed by atoms with Gasteiger partial charge >= 0.3 is 0 Å². The second kappa shape index (κ2) is 8.48. The molecule has 4 heteroatoms. The first-order valence-electron chi connectivity index (χ1n) is 6.63. The standard InChI is InChI=1S/C14H23FN2S/c1-4-7-17-14(10-18-11(3)5-2)12-6-8-16-9-13(12)15/h6,8-9,11,14,17H,4-5,7,10H2,1-3H3. The number of thioether (sulfide) groups is 1. The summed E-state index contributed by atoms with van der Waals surface area (Å²) in [7, 11) is 0. The molecule has 0 radical (unpaired) electrons. The summed E-state index contributed by atoms with van der Waals surface area (Å²) in [6.45, 7) is 7.42. The molecule has 0 bridgehead atoms. The van der Waals surface area contributed by atoms with Crippen molar-refractivity contribution >= 4 is 11.8 Å². The zero-order valence-electron chi connectivity index (χ0n) is 11.4. The van der Waals surface area contributed by atoms with E-state index in [1.54, 1.807) is 12.3 Å². The van der Waals surface area contributed by atoms with E-state index in [1.165, 1.54) is 6.20 Å². The first kappa shape index (κ1) is 15.4. The molecule has 0 aliphatic carbocycles. The molecule has 0 aliphatic rings. The van der Waals surface area contributed by atoms with Gasteiger partial charge in [0.05, 0.1) is 6.20 Å². The van der Waals surface area contributed by atoms with Gasteiger partial charge in [0.1, 0.15) is 5.82 Å². The van der Waals surface area contributed by atoms with Crippen LogP contribution in [-0.4, -0.2) is 22.5 Å². The summed E-state index contributed by atoms with van der Waals surface area (Å²) in [5.41, 5.74) is 0.731. The van der Waals surface area contributed by atoms with Crippen LogP contribution in [0.5, 0.6) is 0 Å². The largest absolute Gasteiger partial charge is 0.309 e. The number of rotatable bonds is 8. The minimum atomic E-state index is -0.212. The number of hydrogen-bond donors (Lipinski definition) is 1. The van der Waals surface area contributed by atoms with E-state index in [-0.39, 0.29) is 11.9 Å². The molecule has 0 fully saturated rings. The minimum absolute atomic E-state index is 0.0759. The van der Waals surface area contributed by atoms with Gasteiger partial charge in [-0.3, -0.25) is 4.98 Å². The Kier molecular flexibility index (Phi) is 7.28. The number of aromatic nitrogens is 1. The first-order chi connectivity index (χ1) is 8.69. The third kappa shape index (κ3) is 4.94. The fraction of sp³-hybridized carbons (Fsp3) is 0.643. The summed E-state index contributed by atoms with van der Waals surface area (Å²) in [5.74, 6) is 0.687. The van der Waals surface area contributed by atoms with Gasteiger partial charge in [-0.15, -0.1) is 0 Å². The highest BCUT2D eigenvalue weighted by molar-refractivity contribution is 7.99. The zero-order valence-corrected chi connectivity index (χ0v) is 12.3. The molecule has 0 aromatic carbocycles. The van der Waals surface area contributed by atoms with Crippen LogP contribution in [0.3, 0.4) is 0 Å². The van der Waals surface area contributed by atoms with E-state index in [0.29, 0.717) is 5.25 Å². The van der Waals surface area contributed by atoms with Crippen molar-refractivity contribution in [2.75, 3.05) is 12.3 Å². The maximum atomic E-state index is 13.8. The second-order valence-electron chi connectivity index (χ2n) is 4.46. The molecule has 102 valence electrons. The lowest BCUT2D eigenvalue weighted by Crippen LogP contribution is -2.25. The smallest absolute Gasteiger partial charge is 0.146 e. The highest BCUT2D eigenvalue weighted by Crippen LogP contribution is 2.24. The van der Waals surface area contributed by atoms with Gasteiger partial charge in [0.2, 0.25) is 0 Å². The zero-order chi connectivity index (χ0) is 13.4.